The number of hydrogen-bond acceptors (Lipinski definition) is 5. The number of benzene rings is 1. The van der Waals surface area contributed by atoms with E-state index in [2.05, 4.69) is 9.47 Å². The molecule has 0 saturated carbocycles. The Kier molecular flexibility index (Phi) is 4.69. The second kappa shape index (κ2) is 6.06. The highest BCUT2D eigenvalue weighted by molar-refractivity contribution is 6.01. The van der Waals surface area contributed by atoms with Crippen LogP contribution in [0.3, 0.4) is 0 Å². The van der Waals surface area contributed by atoms with E-state index in [4.69, 9.17) is 5.26 Å². The zero-order chi connectivity index (χ0) is 15.3. The molecule has 0 aliphatic carbocycles. The van der Waals surface area contributed by atoms with Crippen molar-refractivity contribution in [1.82, 2.24) is 0 Å². The first-order valence-corrected chi connectivity index (χ1v) is 5.29. The second-order valence-corrected chi connectivity index (χ2v) is 3.40. The van der Waals surface area contributed by atoms with Crippen LogP contribution in [-0.2, 0) is 4.74 Å². The summed E-state index contributed by atoms with van der Waals surface area (Å²) in [7, 11) is 0. The lowest BCUT2D eigenvalue weighted by molar-refractivity contribution is -0.274. The number of halogens is 3. The van der Waals surface area contributed by atoms with Crippen LogP contribution in [0.25, 0.3) is 0 Å². The van der Waals surface area contributed by atoms with E-state index in [9.17, 15) is 22.8 Å². The van der Waals surface area contributed by atoms with Crippen molar-refractivity contribution in [3.63, 3.8) is 0 Å². The van der Waals surface area contributed by atoms with Gasteiger partial charge in [-0.1, -0.05) is 0 Å². The molecule has 0 bridgehead atoms. The molecule has 0 atom stereocenters. The Morgan fingerprint density at radius 1 is 1.45 bits per heavy atom. The van der Waals surface area contributed by atoms with Gasteiger partial charge in [0.05, 0.1) is 12.2 Å². The van der Waals surface area contributed by atoms with Gasteiger partial charge in [0.15, 0.2) is 6.29 Å². The molecule has 0 saturated heterocycles. The molecule has 0 radical (unpaired) electrons. The van der Waals surface area contributed by atoms with Gasteiger partial charge in [-0.15, -0.1) is 13.2 Å². The van der Waals surface area contributed by atoms with Crippen LogP contribution in [0.5, 0.6) is 5.75 Å². The molecule has 5 nitrogen and oxygen atoms in total. The van der Waals surface area contributed by atoms with Gasteiger partial charge >= 0.3 is 12.3 Å². The van der Waals surface area contributed by atoms with Crippen LogP contribution in [0.2, 0.25) is 0 Å². The molecule has 0 aliphatic heterocycles. The van der Waals surface area contributed by atoms with Crippen LogP contribution in [-0.4, -0.2) is 25.2 Å². The molecular weight excluding hydrogens is 279 g/mol. The summed E-state index contributed by atoms with van der Waals surface area (Å²) in [5.41, 5.74) is -1.51. The molecule has 106 valence electrons. The Labute approximate surface area is 111 Å². The summed E-state index contributed by atoms with van der Waals surface area (Å²) < 4.78 is 44.9. The summed E-state index contributed by atoms with van der Waals surface area (Å²) in [6.07, 6.45) is -4.79. The third-order valence-electron chi connectivity index (χ3n) is 2.14. The quantitative estimate of drug-likeness (QED) is 0.628. The lowest BCUT2D eigenvalue weighted by atomic mass is 10.0. The second-order valence-electron chi connectivity index (χ2n) is 3.40. The van der Waals surface area contributed by atoms with Gasteiger partial charge in [0.25, 0.3) is 0 Å². The summed E-state index contributed by atoms with van der Waals surface area (Å²) in [5, 5.41) is 8.91. The first-order chi connectivity index (χ1) is 9.34. The van der Waals surface area contributed by atoms with E-state index in [0.717, 1.165) is 12.1 Å². The van der Waals surface area contributed by atoms with Crippen LogP contribution in [0, 0.1) is 11.3 Å². The maximum atomic E-state index is 12.2. The Balaban J connectivity index is 3.45. The van der Waals surface area contributed by atoms with E-state index < -0.39 is 29.2 Å². The lowest BCUT2D eigenvalue weighted by Crippen LogP contribution is -2.19. The predicted molar refractivity (Wildman–Crippen MR) is 59.2 cm³/mol. The van der Waals surface area contributed by atoms with Gasteiger partial charge in [0, 0.05) is 5.56 Å². The molecule has 0 spiro atoms. The van der Waals surface area contributed by atoms with Crippen molar-refractivity contribution in [2.24, 2.45) is 0 Å². The molecule has 1 aromatic rings. The van der Waals surface area contributed by atoms with E-state index in [1.807, 2.05) is 0 Å². The zero-order valence-electron chi connectivity index (χ0n) is 10.2. The molecule has 0 N–H and O–H groups in total. The minimum atomic E-state index is -5.03. The smallest absolute Gasteiger partial charge is 0.462 e. The lowest BCUT2D eigenvalue weighted by Gasteiger charge is -2.13. The highest BCUT2D eigenvalue weighted by Crippen LogP contribution is 2.30. The van der Waals surface area contributed by atoms with Crippen molar-refractivity contribution in [2.45, 2.75) is 13.3 Å². The molecule has 0 aromatic heterocycles. The standard InChI is InChI=1S/C12H8F3NO4/c1-2-19-11(18)10-7(6-17)3-4-9(8(10)5-16)20-12(13,14)15/h3-4,6H,2H2,1H3. The highest BCUT2D eigenvalue weighted by Gasteiger charge is 2.34. The first-order valence-electron chi connectivity index (χ1n) is 5.29. The van der Waals surface area contributed by atoms with Gasteiger partial charge < -0.3 is 9.47 Å². The molecule has 0 aliphatic rings. The van der Waals surface area contributed by atoms with Crippen LogP contribution in [0.15, 0.2) is 12.1 Å². The fourth-order valence-corrected chi connectivity index (χ4v) is 1.44. The zero-order valence-corrected chi connectivity index (χ0v) is 10.2. The number of alkyl halides is 3. The summed E-state index contributed by atoms with van der Waals surface area (Å²) in [6, 6.07) is 3.15. The fourth-order valence-electron chi connectivity index (χ4n) is 1.44. The van der Waals surface area contributed by atoms with Crippen LogP contribution in [0.1, 0.15) is 33.2 Å². The van der Waals surface area contributed by atoms with E-state index in [0.29, 0.717) is 0 Å². The molecule has 0 amide bonds. The highest BCUT2D eigenvalue weighted by atomic mass is 19.4. The third-order valence-corrected chi connectivity index (χ3v) is 2.14. The van der Waals surface area contributed by atoms with Crippen molar-refractivity contribution >= 4 is 12.3 Å². The number of aldehydes is 1. The first kappa shape index (κ1) is 15.5. The average molecular weight is 287 g/mol. The Morgan fingerprint density at radius 2 is 2.10 bits per heavy atom. The molecule has 0 heterocycles. The monoisotopic (exact) mass is 287 g/mol. The number of rotatable bonds is 4. The molecular formula is C12H8F3NO4. The minimum absolute atomic E-state index is 0.0631. The van der Waals surface area contributed by atoms with E-state index >= 15 is 0 Å². The number of carbonyl (C=O) groups excluding carboxylic acids is 2. The number of nitriles is 1. The van der Waals surface area contributed by atoms with Crippen molar-refractivity contribution in [3.8, 4) is 11.8 Å². The van der Waals surface area contributed by atoms with Gasteiger partial charge in [-0.2, -0.15) is 5.26 Å². The minimum Gasteiger partial charge on any atom is -0.462 e. The van der Waals surface area contributed by atoms with Crippen molar-refractivity contribution < 1.29 is 32.2 Å². The number of nitrogens with zero attached hydrogens (tertiary/aromatic N) is 1. The van der Waals surface area contributed by atoms with E-state index in [1.165, 1.54) is 13.0 Å². The normalized spacial score (nSPS) is 10.6. The van der Waals surface area contributed by atoms with Gasteiger partial charge in [-0.3, -0.25) is 4.79 Å². The summed E-state index contributed by atoms with van der Waals surface area (Å²) in [4.78, 5) is 22.5. The maximum absolute atomic E-state index is 12.2. The number of esters is 1. The molecule has 8 heteroatoms. The van der Waals surface area contributed by atoms with Crippen LogP contribution in [0.4, 0.5) is 13.2 Å². The van der Waals surface area contributed by atoms with Gasteiger partial charge in [-0.25, -0.2) is 4.79 Å². The number of ether oxygens (including phenoxy) is 2. The fraction of sp³-hybridized carbons (Fsp3) is 0.250. The van der Waals surface area contributed by atoms with Crippen LogP contribution < -0.4 is 4.74 Å². The number of hydrogen-bond donors (Lipinski definition) is 0. The van der Waals surface area contributed by atoms with Crippen LogP contribution >= 0.6 is 0 Å². The van der Waals surface area contributed by atoms with E-state index in [1.54, 1.807) is 0 Å². The van der Waals surface area contributed by atoms with E-state index in [-0.39, 0.29) is 18.5 Å². The van der Waals surface area contributed by atoms with Crippen molar-refractivity contribution in [2.75, 3.05) is 6.61 Å². The molecule has 0 unspecified atom stereocenters. The molecule has 1 rings (SSSR count). The topological polar surface area (TPSA) is 76.4 Å². The van der Waals surface area contributed by atoms with Crippen molar-refractivity contribution in [3.05, 3.63) is 28.8 Å². The Hall–Kier alpha value is -2.56. The van der Waals surface area contributed by atoms with Gasteiger partial charge in [0.1, 0.15) is 17.4 Å². The Morgan fingerprint density at radius 3 is 2.55 bits per heavy atom. The average Bonchev–Trinajstić information content (AvgIpc) is 2.36. The summed E-state index contributed by atoms with van der Waals surface area (Å²) in [5.74, 6) is -1.94. The molecule has 0 fully saturated rings. The van der Waals surface area contributed by atoms with Gasteiger partial charge in [0.2, 0.25) is 0 Å². The molecule has 20 heavy (non-hydrogen) atoms. The third kappa shape index (κ3) is 3.47. The Bertz CT molecular complexity index is 575. The maximum Gasteiger partial charge on any atom is 0.573 e. The summed E-state index contributed by atoms with van der Waals surface area (Å²) >= 11 is 0. The predicted octanol–water partition coefficient (Wildman–Crippen LogP) is 2.45. The van der Waals surface area contributed by atoms with Gasteiger partial charge in [-0.05, 0) is 19.1 Å². The largest absolute Gasteiger partial charge is 0.573 e. The van der Waals surface area contributed by atoms with Crippen molar-refractivity contribution in [1.29, 1.82) is 5.26 Å². The number of carbonyl (C=O) groups is 2. The summed E-state index contributed by atoms with van der Waals surface area (Å²) in [6.45, 7) is 1.41. The SMILES string of the molecule is CCOC(=O)c1c(C=O)ccc(OC(F)(F)F)c1C#N. The molecule has 1 aromatic carbocycles.